The maximum absolute atomic E-state index is 12.4. The number of hydrogen-bond acceptors (Lipinski definition) is 4. The molecule has 0 aliphatic carbocycles. The molecule has 3 aromatic rings. The van der Waals surface area contributed by atoms with E-state index >= 15 is 0 Å². The predicted molar refractivity (Wildman–Crippen MR) is 80.0 cm³/mol. The van der Waals surface area contributed by atoms with Crippen LogP contribution in [0.2, 0.25) is 0 Å². The van der Waals surface area contributed by atoms with E-state index in [1.54, 1.807) is 5.51 Å². The van der Waals surface area contributed by atoms with Gasteiger partial charge in [0.05, 0.1) is 16.1 Å². The van der Waals surface area contributed by atoms with Gasteiger partial charge in [0.1, 0.15) is 4.88 Å². The van der Waals surface area contributed by atoms with Crippen molar-refractivity contribution in [2.75, 3.05) is 0 Å². The molecule has 0 aliphatic heterocycles. The molecule has 94 valence electrons. The fraction of sp³-hybridized carbons (Fsp3) is 0.0667. The van der Waals surface area contributed by atoms with Crippen LogP contribution < -0.4 is 0 Å². The van der Waals surface area contributed by atoms with Crippen LogP contribution in [0, 0.1) is 6.92 Å². The molecule has 0 aliphatic rings. The van der Waals surface area contributed by atoms with Crippen molar-refractivity contribution in [1.82, 2.24) is 4.98 Å². The van der Waals surface area contributed by atoms with Gasteiger partial charge in [0.25, 0.3) is 0 Å². The van der Waals surface area contributed by atoms with Gasteiger partial charge < -0.3 is 0 Å². The van der Waals surface area contributed by atoms with Gasteiger partial charge in [-0.1, -0.05) is 35.9 Å². The van der Waals surface area contributed by atoms with Crippen molar-refractivity contribution >= 4 is 28.5 Å². The van der Waals surface area contributed by atoms with Gasteiger partial charge in [-0.2, -0.15) is 0 Å². The Labute approximate surface area is 119 Å². The Balaban J connectivity index is 2.03. The lowest BCUT2D eigenvalue weighted by atomic mass is 10.1. The number of carbonyl (C=O) groups is 1. The second-order valence-corrected chi connectivity index (χ2v) is 6.01. The maximum Gasteiger partial charge on any atom is 0.215 e. The third-order valence-electron chi connectivity index (χ3n) is 2.84. The lowest BCUT2D eigenvalue weighted by Gasteiger charge is -2.01. The van der Waals surface area contributed by atoms with Crippen molar-refractivity contribution in [2.24, 2.45) is 0 Å². The summed E-state index contributed by atoms with van der Waals surface area (Å²) < 4.78 is 0. The molecular formula is C15H11NOS2. The first-order valence-electron chi connectivity index (χ1n) is 5.84. The van der Waals surface area contributed by atoms with Crippen molar-refractivity contribution in [3.63, 3.8) is 0 Å². The highest BCUT2D eigenvalue weighted by molar-refractivity contribution is 7.15. The van der Waals surface area contributed by atoms with Gasteiger partial charge >= 0.3 is 0 Å². The van der Waals surface area contributed by atoms with E-state index in [4.69, 9.17) is 0 Å². The largest absolute Gasteiger partial charge is 0.287 e. The molecule has 4 heteroatoms. The lowest BCUT2D eigenvalue weighted by Crippen LogP contribution is -1.98. The summed E-state index contributed by atoms with van der Waals surface area (Å²) in [4.78, 5) is 18.2. The molecule has 2 nitrogen and oxygen atoms in total. The number of thiazole rings is 1. The molecule has 19 heavy (non-hydrogen) atoms. The summed E-state index contributed by atoms with van der Waals surface area (Å²) in [7, 11) is 0. The molecule has 1 aromatic carbocycles. The molecule has 3 rings (SSSR count). The Morgan fingerprint density at radius 3 is 2.58 bits per heavy atom. The molecule has 0 fully saturated rings. The van der Waals surface area contributed by atoms with Gasteiger partial charge in [0.15, 0.2) is 0 Å². The van der Waals surface area contributed by atoms with Crippen LogP contribution in [-0.2, 0) is 0 Å². The van der Waals surface area contributed by atoms with E-state index in [1.165, 1.54) is 28.2 Å². The van der Waals surface area contributed by atoms with Crippen molar-refractivity contribution in [3.8, 4) is 11.3 Å². The number of aromatic nitrogens is 1. The highest BCUT2D eigenvalue weighted by atomic mass is 32.1. The molecule has 0 radical (unpaired) electrons. The smallest absolute Gasteiger partial charge is 0.215 e. The van der Waals surface area contributed by atoms with E-state index < -0.39 is 0 Å². The van der Waals surface area contributed by atoms with Crippen molar-refractivity contribution in [2.45, 2.75) is 6.92 Å². The molecular weight excluding hydrogens is 274 g/mol. The number of benzene rings is 1. The maximum atomic E-state index is 12.4. The van der Waals surface area contributed by atoms with Gasteiger partial charge in [-0.25, -0.2) is 4.98 Å². The van der Waals surface area contributed by atoms with E-state index in [1.807, 2.05) is 48.7 Å². The second kappa shape index (κ2) is 5.07. The van der Waals surface area contributed by atoms with Gasteiger partial charge in [0.2, 0.25) is 5.78 Å². The predicted octanol–water partition coefficient (Wildman–Crippen LogP) is 4.41. The molecule has 2 aromatic heterocycles. The first-order valence-corrected chi connectivity index (χ1v) is 7.60. The lowest BCUT2D eigenvalue weighted by molar-refractivity contribution is 0.104. The molecule has 2 heterocycles. The topological polar surface area (TPSA) is 30.0 Å². The average Bonchev–Trinajstić information content (AvgIpc) is 3.10. The Morgan fingerprint density at radius 2 is 1.89 bits per heavy atom. The monoisotopic (exact) mass is 285 g/mol. The van der Waals surface area contributed by atoms with Gasteiger partial charge in [-0.05, 0) is 18.4 Å². The first-order chi connectivity index (χ1) is 9.25. The fourth-order valence-corrected chi connectivity index (χ4v) is 3.34. The number of rotatable bonds is 3. The van der Waals surface area contributed by atoms with E-state index in [0.717, 1.165) is 16.1 Å². The number of nitrogens with zero attached hydrogens (tertiary/aromatic N) is 1. The minimum atomic E-state index is 0.0630. The van der Waals surface area contributed by atoms with E-state index in [2.05, 4.69) is 4.98 Å². The number of aryl methyl sites for hydroxylation is 1. The van der Waals surface area contributed by atoms with E-state index in [9.17, 15) is 4.79 Å². The molecule has 0 N–H and O–H groups in total. The zero-order chi connectivity index (χ0) is 13.2. The molecule has 0 atom stereocenters. The zero-order valence-corrected chi connectivity index (χ0v) is 11.9. The average molecular weight is 285 g/mol. The summed E-state index contributed by atoms with van der Waals surface area (Å²) in [6, 6.07) is 11.8. The van der Waals surface area contributed by atoms with Crippen molar-refractivity contribution in [1.29, 1.82) is 0 Å². The van der Waals surface area contributed by atoms with Crippen LogP contribution in [0.5, 0.6) is 0 Å². The second-order valence-electron chi connectivity index (χ2n) is 4.20. The SMILES string of the molecule is Cc1ccc(-c2ncsc2C(=O)c2cccs2)cc1. The minimum absolute atomic E-state index is 0.0630. The Morgan fingerprint density at radius 1 is 1.11 bits per heavy atom. The van der Waals surface area contributed by atoms with Crippen molar-refractivity contribution in [3.05, 3.63) is 62.6 Å². The molecule has 0 amide bonds. The van der Waals surface area contributed by atoms with Crippen LogP contribution in [-0.4, -0.2) is 10.8 Å². The summed E-state index contributed by atoms with van der Waals surface area (Å²) >= 11 is 2.87. The summed E-state index contributed by atoms with van der Waals surface area (Å²) in [5.41, 5.74) is 4.70. The third kappa shape index (κ3) is 2.37. The standard InChI is InChI=1S/C15H11NOS2/c1-10-4-6-11(7-5-10)13-15(19-9-16-13)14(17)12-3-2-8-18-12/h2-9H,1H3. The number of carbonyl (C=O) groups excluding carboxylic acids is 1. The molecule has 0 bridgehead atoms. The number of thiophene rings is 1. The quantitative estimate of drug-likeness (QED) is 0.667. The van der Waals surface area contributed by atoms with Crippen LogP contribution in [0.1, 0.15) is 20.1 Å². The Kier molecular flexibility index (Phi) is 3.27. The van der Waals surface area contributed by atoms with Crippen LogP contribution in [0.25, 0.3) is 11.3 Å². The summed E-state index contributed by atoms with van der Waals surface area (Å²) in [5.74, 6) is 0.0630. The van der Waals surface area contributed by atoms with Gasteiger partial charge in [-0.15, -0.1) is 22.7 Å². The van der Waals surface area contributed by atoms with E-state index in [-0.39, 0.29) is 5.78 Å². The number of ketones is 1. The summed E-state index contributed by atoms with van der Waals surface area (Å²) in [6.07, 6.45) is 0. The molecule has 0 saturated carbocycles. The van der Waals surface area contributed by atoms with Crippen LogP contribution in [0.15, 0.2) is 47.3 Å². The van der Waals surface area contributed by atoms with E-state index in [0.29, 0.717) is 4.88 Å². The minimum Gasteiger partial charge on any atom is -0.287 e. The fourth-order valence-electron chi connectivity index (χ4n) is 1.84. The highest BCUT2D eigenvalue weighted by Crippen LogP contribution is 2.28. The van der Waals surface area contributed by atoms with Crippen molar-refractivity contribution < 1.29 is 4.79 Å². The first kappa shape index (κ1) is 12.3. The van der Waals surface area contributed by atoms with Crippen LogP contribution in [0.4, 0.5) is 0 Å². The van der Waals surface area contributed by atoms with Crippen LogP contribution in [0.3, 0.4) is 0 Å². The van der Waals surface area contributed by atoms with Gasteiger partial charge in [0, 0.05) is 5.56 Å². The molecule has 0 saturated heterocycles. The summed E-state index contributed by atoms with van der Waals surface area (Å²) in [6.45, 7) is 2.04. The summed E-state index contributed by atoms with van der Waals surface area (Å²) in [5, 5.41) is 1.92. The Hall–Kier alpha value is -1.78. The zero-order valence-electron chi connectivity index (χ0n) is 10.3. The number of hydrogen-bond donors (Lipinski definition) is 0. The third-order valence-corrected chi connectivity index (χ3v) is 4.54. The molecule has 0 unspecified atom stereocenters. The normalized spacial score (nSPS) is 10.6. The Bertz CT molecular complexity index is 696. The highest BCUT2D eigenvalue weighted by Gasteiger charge is 2.18. The molecule has 0 spiro atoms. The van der Waals surface area contributed by atoms with Gasteiger partial charge in [-0.3, -0.25) is 4.79 Å². The van der Waals surface area contributed by atoms with Crippen LogP contribution >= 0.6 is 22.7 Å².